The average molecular weight is 246 g/mol. The van der Waals surface area contributed by atoms with Crippen molar-refractivity contribution in [3.8, 4) is 0 Å². The van der Waals surface area contributed by atoms with Crippen molar-refractivity contribution in [1.82, 2.24) is 0 Å². The lowest BCUT2D eigenvalue weighted by atomic mass is 10.1. The highest BCUT2D eigenvalue weighted by Crippen LogP contribution is 2.14. The van der Waals surface area contributed by atoms with Gasteiger partial charge in [-0.3, -0.25) is 9.59 Å². The lowest BCUT2D eigenvalue weighted by Gasteiger charge is -2.00. The Hall–Kier alpha value is -2.10. The molecule has 0 saturated carbocycles. The van der Waals surface area contributed by atoms with E-state index in [2.05, 4.69) is 0 Å². The van der Waals surface area contributed by atoms with Crippen LogP contribution in [0.15, 0.2) is 39.6 Å². The average Bonchev–Trinajstić information content (AvgIpc) is 2.91. The molecule has 0 aliphatic carbocycles. The lowest BCUT2D eigenvalue weighted by Crippen LogP contribution is -2.08. The summed E-state index contributed by atoms with van der Waals surface area (Å²) < 4.78 is 10.4. The van der Waals surface area contributed by atoms with Crippen molar-refractivity contribution in [2.45, 2.75) is 26.2 Å². The minimum absolute atomic E-state index is 0.00435. The number of hydrogen-bond donors (Lipinski definition) is 0. The topological polar surface area (TPSA) is 60.4 Å². The molecule has 0 atom stereocenters. The van der Waals surface area contributed by atoms with E-state index in [1.165, 1.54) is 19.5 Å². The van der Waals surface area contributed by atoms with E-state index < -0.39 is 0 Å². The molecule has 0 aromatic carbocycles. The van der Waals surface area contributed by atoms with Gasteiger partial charge in [0.15, 0.2) is 0 Å². The van der Waals surface area contributed by atoms with Crippen LogP contribution in [0.5, 0.6) is 0 Å². The van der Waals surface area contributed by atoms with Gasteiger partial charge in [0.25, 0.3) is 0 Å². The van der Waals surface area contributed by atoms with E-state index in [0.717, 1.165) is 5.56 Å². The maximum absolute atomic E-state index is 11.8. The Morgan fingerprint density at radius 3 is 2.56 bits per heavy atom. The summed E-state index contributed by atoms with van der Waals surface area (Å²) in [7, 11) is 0. The number of Topliss-reactive ketones (excluding diaryl/α,β-unsaturated/α-hetero) is 2. The SMILES string of the molecule is CC(=O)Cc1ccoc1CC(=O)Cc1ccco1. The second-order valence-corrected chi connectivity index (χ2v) is 4.22. The van der Waals surface area contributed by atoms with Gasteiger partial charge in [-0.15, -0.1) is 0 Å². The third-order valence-electron chi connectivity index (χ3n) is 2.59. The van der Waals surface area contributed by atoms with Crippen LogP contribution in [0.2, 0.25) is 0 Å². The summed E-state index contributed by atoms with van der Waals surface area (Å²) in [6.45, 7) is 1.52. The van der Waals surface area contributed by atoms with Crippen molar-refractivity contribution in [1.29, 1.82) is 0 Å². The van der Waals surface area contributed by atoms with Crippen molar-refractivity contribution in [2.75, 3.05) is 0 Å². The predicted molar refractivity (Wildman–Crippen MR) is 64.2 cm³/mol. The van der Waals surface area contributed by atoms with E-state index in [9.17, 15) is 9.59 Å². The summed E-state index contributed by atoms with van der Waals surface area (Å²) >= 11 is 0. The molecule has 0 bridgehead atoms. The van der Waals surface area contributed by atoms with E-state index >= 15 is 0 Å². The molecule has 0 unspecified atom stereocenters. The molecule has 0 saturated heterocycles. The van der Waals surface area contributed by atoms with Crippen molar-refractivity contribution >= 4 is 11.6 Å². The molecule has 0 radical (unpaired) electrons. The molecule has 0 amide bonds. The van der Waals surface area contributed by atoms with Gasteiger partial charge in [-0.2, -0.15) is 0 Å². The molecular weight excluding hydrogens is 232 g/mol. The van der Waals surface area contributed by atoms with Crippen LogP contribution in [0.3, 0.4) is 0 Å². The number of rotatable bonds is 6. The smallest absolute Gasteiger partial charge is 0.147 e. The van der Waals surface area contributed by atoms with Gasteiger partial charge in [0.1, 0.15) is 23.1 Å². The summed E-state index contributed by atoms with van der Waals surface area (Å²) in [5.41, 5.74) is 0.787. The molecular formula is C14H14O4. The van der Waals surface area contributed by atoms with Crippen LogP contribution in [0.1, 0.15) is 24.0 Å². The molecule has 0 spiro atoms. The molecule has 4 nitrogen and oxygen atoms in total. The first-order valence-corrected chi connectivity index (χ1v) is 5.74. The maximum Gasteiger partial charge on any atom is 0.147 e. The highest BCUT2D eigenvalue weighted by Gasteiger charge is 2.14. The molecule has 0 fully saturated rings. The fourth-order valence-electron chi connectivity index (χ4n) is 1.80. The normalized spacial score (nSPS) is 10.5. The monoisotopic (exact) mass is 246 g/mol. The maximum atomic E-state index is 11.8. The van der Waals surface area contributed by atoms with Crippen LogP contribution in [0.25, 0.3) is 0 Å². The summed E-state index contributed by atoms with van der Waals surface area (Å²) in [5, 5.41) is 0. The molecule has 0 aliphatic heterocycles. The first-order valence-electron chi connectivity index (χ1n) is 5.74. The Balaban J connectivity index is 1.98. The standard InChI is InChI=1S/C14H14O4/c1-10(15)7-11-4-6-18-14(11)9-12(16)8-13-3-2-5-17-13/h2-6H,7-9H2,1H3. The van der Waals surface area contributed by atoms with Crippen LogP contribution in [0.4, 0.5) is 0 Å². The van der Waals surface area contributed by atoms with E-state index in [1.807, 2.05) is 0 Å². The molecule has 2 heterocycles. The quantitative estimate of drug-likeness (QED) is 0.785. The van der Waals surface area contributed by atoms with Crippen molar-refractivity contribution in [2.24, 2.45) is 0 Å². The third kappa shape index (κ3) is 3.20. The Morgan fingerprint density at radius 2 is 1.89 bits per heavy atom. The van der Waals surface area contributed by atoms with Crippen molar-refractivity contribution in [3.63, 3.8) is 0 Å². The molecule has 0 N–H and O–H groups in total. The van der Waals surface area contributed by atoms with Gasteiger partial charge < -0.3 is 8.83 Å². The number of carbonyl (C=O) groups excluding carboxylic acids is 2. The lowest BCUT2D eigenvalue weighted by molar-refractivity contribution is -0.118. The zero-order valence-electron chi connectivity index (χ0n) is 10.1. The van der Waals surface area contributed by atoms with Crippen LogP contribution in [-0.4, -0.2) is 11.6 Å². The fraction of sp³-hybridized carbons (Fsp3) is 0.286. The fourth-order valence-corrected chi connectivity index (χ4v) is 1.80. The zero-order chi connectivity index (χ0) is 13.0. The van der Waals surface area contributed by atoms with Crippen LogP contribution >= 0.6 is 0 Å². The predicted octanol–water partition coefficient (Wildman–Crippen LogP) is 2.36. The van der Waals surface area contributed by atoms with Gasteiger partial charge in [0.2, 0.25) is 0 Å². The molecule has 94 valence electrons. The van der Waals surface area contributed by atoms with E-state index in [4.69, 9.17) is 8.83 Å². The van der Waals surface area contributed by atoms with Crippen molar-refractivity contribution in [3.05, 3.63) is 47.8 Å². The largest absolute Gasteiger partial charge is 0.469 e. The Bertz CT molecular complexity index is 534. The molecule has 18 heavy (non-hydrogen) atoms. The second kappa shape index (κ2) is 5.49. The van der Waals surface area contributed by atoms with Gasteiger partial charge >= 0.3 is 0 Å². The highest BCUT2D eigenvalue weighted by atomic mass is 16.3. The molecule has 0 aliphatic rings. The first-order chi connectivity index (χ1) is 8.65. The number of carbonyl (C=O) groups is 2. The van der Waals surface area contributed by atoms with Gasteiger partial charge in [-0.05, 0) is 25.1 Å². The van der Waals surface area contributed by atoms with Crippen molar-refractivity contribution < 1.29 is 18.4 Å². The number of hydrogen-bond acceptors (Lipinski definition) is 4. The Labute approximate surface area is 105 Å². The van der Waals surface area contributed by atoms with E-state index in [-0.39, 0.29) is 24.4 Å². The summed E-state index contributed by atoms with van der Waals surface area (Å²) in [4.78, 5) is 22.9. The molecule has 4 heteroatoms. The minimum atomic E-state index is 0.00435. The summed E-state index contributed by atoms with van der Waals surface area (Å²) in [6.07, 6.45) is 3.79. The Morgan fingerprint density at radius 1 is 1.06 bits per heavy atom. The van der Waals surface area contributed by atoms with Gasteiger partial charge in [-0.1, -0.05) is 0 Å². The first kappa shape index (κ1) is 12.4. The molecule has 2 aromatic rings. The molecule has 2 rings (SSSR count). The number of ketones is 2. The van der Waals surface area contributed by atoms with Gasteiger partial charge in [0.05, 0.1) is 25.4 Å². The van der Waals surface area contributed by atoms with E-state index in [1.54, 1.807) is 18.2 Å². The minimum Gasteiger partial charge on any atom is -0.469 e. The summed E-state index contributed by atoms with van der Waals surface area (Å²) in [5.74, 6) is 1.27. The second-order valence-electron chi connectivity index (χ2n) is 4.22. The Kier molecular flexibility index (Phi) is 3.77. The van der Waals surface area contributed by atoms with Crippen LogP contribution < -0.4 is 0 Å². The zero-order valence-corrected chi connectivity index (χ0v) is 10.1. The van der Waals surface area contributed by atoms with Gasteiger partial charge in [-0.25, -0.2) is 0 Å². The highest BCUT2D eigenvalue weighted by molar-refractivity contribution is 5.83. The van der Waals surface area contributed by atoms with Gasteiger partial charge in [0, 0.05) is 12.0 Å². The van der Waals surface area contributed by atoms with Crippen LogP contribution in [-0.2, 0) is 28.9 Å². The summed E-state index contributed by atoms with van der Waals surface area (Å²) in [6, 6.07) is 5.24. The van der Waals surface area contributed by atoms with E-state index in [0.29, 0.717) is 17.9 Å². The van der Waals surface area contributed by atoms with Crippen LogP contribution in [0, 0.1) is 0 Å². The third-order valence-corrected chi connectivity index (χ3v) is 2.59. The molecule has 2 aromatic heterocycles. The number of furan rings is 2.